The molecule has 0 atom stereocenters. The first-order valence-electron chi connectivity index (χ1n) is 12.7. The van der Waals surface area contributed by atoms with Crippen LogP contribution in [0.4, 0.5) is 5.69 Å². The summed E-state index contributed by atoms with van der Waals surface area (Å²) in [5.41, 5.74) is 1.70. The molecule has 3 aromatic carbocycles. The Bertz CT molecular complexity index is 1640. The fourth-order valence-electron chi connectivity index (χ4n) is 5.20. The number of halogens is 1. The Morgan fingerprint density at radius 2 is 1.74 bits per heavy atom. The number of methoxy groups -OCH3 is 1. The summed E-state index contributed by atoms with van der Waals surface area (Å²) in [7, 11) is -2.68. The second-order valence-corrected chi connectivity index (χ2v) is 11.8. The van der Waals surface area contributed by atoms with Crippen molar-refractivity contribution in [2.75, 3.05) is 18.0 Å². The summed E-state index contributed by atoms with van der Waals surface area (Å²) in [5.74, 6) is -0.166. The molecule has 1 aromatic heterocycles. The molecule has 0 spiro atoms. The zero-order chi connectivity index (χ0) is 27.6. The van der Waals surface area contributed by atoms with Crippen LogP contribution in [0.15, 0.2) is 82.5 Å². The second-order valence-electron chi connectivity index (χ2n) is 9.53. The number of ether oxygens (including phenoxy) is 1. The van der Waals surface area contributed by atoms with Crippen LogP contribution < -0.4 is 20.0 Å². The van der Waals surface area contributed by atoms with Gasteiger partial charge in [0.2, 0.25) is 5.91 Å². The summed E-state index contributed by atoms with van der Waals surface area (Å²) in [5, 5.41) is 3.31. The van der Waals surface area contributed by atoms with Crippen molar-refractivity contribution >= 4 is 44.3 Å². The van der Waals surface area contributed by atoms with Crippen LogP contribution in [0, 0.1) is 0 Å². The highest BCUT2D eigenvalue weighted by molar-refractivity contribution is 7.92. The molecule has 39 heavy (non-hydrogen) atoms. The molecule has 1 amide bonds. The fraction of sp³-hybridized carbons (Fsp3) is 0.286. The number of anilines is 1. The molecule has 1 aliphatic carbocycles. The van der Waals surface area contributed by atoms with Crippen LogP contribution in [0.25, 0.3) is 11.0 Å². The van der Waals surface area contributed by atoms with E-state index in [1.807, 2.05) is 24.3 Å². The predicted octanol–water partition coefficient (Wildman–Crippen LogP) is 4.49. The van der Waals surface area contributed by atoms with E-state index in [2.05, 4.69) is 10.3 Å². The maximum atomic E-state index is 13.7. The number of benzene rings is 3. The first-order valence-corrected chi connectivity index (χ1v) is 14.5. The van der Waals surface area contributed by atoms with Gasteiger partial charge in [0.25, 0.3) is 10.0 Å². The van der Waals surface area contributed by atoms with Crippen molar-refractivity contribution in [3.8, 4) is 5.75 Å². The molecule has 0 unspecified atom stereocenters. The molecule has 0 saturated heterocycles. The van der Waals surface area contributed by atoms with Gasteiger partial charge in [-0.05, 0) is 68.1 Å². The monoisotopic (exact) mass is 568 g/mol. The Morgan fingerprint density at radius 1 is 1.05 bits per heavy atom. The van der Waals surface area contributed by atoms with Crippen LogP contribution in [0.1, 0.15) is 31.7 Å². The number of nitrogens with one attached hydrogen (secondary N) is 2. The van der Waals surface area contributed by atoms with E-state index in [9.17, 15) is 18.0 Å². The summed E-state index contributed by atoms with van der Waals surface area (Å²) in [4.78, 5) is 28.8. The normalized spacial score (nSPS) is 17.6. The Hall–Kier alpha value is -3.76. The van der Waals surface area contributed by atoms with Crippen molar-refractivity contribution in [2.45, 2.75) is 42.7 Å². The summed E-state index contributed by atoms with van der Waals surface area (Å²) < 4.78 is 35.6. The van der Waals surface area contributed by atoms with E-state index in [1.54, 1.807) is 34.9 Å². The zero-order valence-corrected chi connectivity index (χ0v) is 22.9. The Morgan fingerprint density at radius 3 is 2.46 bits per heavy atom. The second kappa shape index (κ2) is 11.2. The Labute approximate surface area is 231 Å². The first kappa shape index (κ1) is 26.8. The van der Waals surface area contributed by atoms with E-state index in [0.717, 1.165) is 15.3 Å². The number of hydrogen-bond donors (Lipinski definition) is 2. The fourth-order valence-corrected chi connectivity index (χ4v) is 6.81. The molecule has 11 heteroatoms. The minimum absolute atomic E-state index is 0.0208. The van der Waals surface area contributed by atoms with Crippen molar-refractivity contribution in [2.24, 2.45) is 0 Å². The number of imidazole rings is 1. The number of rotatable bonds is 8. The van der Waals surface area contributed by atoms with Gasteiger partial charge in [0.05, 0.1) is 28.7 Å². The summed E-state index contributed by atoms with van der Waals surface area (Å²) in [6, 6.07) is 20.0. The SMILES string of the molecule is COc1ccc(Cl)cc1N(CC(=O)NC1CCC(n2c(=O)[nH]c3ccccc32)CC1)S(=O)(=O)c1ccccc1. The highest BCUT2D eigenvalue weighted by atomic mass is 35.5. The van der Waals surface area contributed by atoms with E-state index in [1.165, 1.54) is 25.3 Å². The number of nitrogens with zero attached hydrogens (tertiary/aromatic N) is 2. The molecule has 204 valence electrons. The lowest BCUT2D eigenvalue weighted by Crippen LogP contribution is -2.45. The van der Waals surface area contributed by atoms with Crippen molar-refractivity contribution in [3.63, 3.8) is 0 Å². The molecule has 1 heterocycles. The molecular weight excluding hydrogens is 540 g/mol. The van der Waals surface area contributed by atoms with Crippen molar-refractivity contribution in [3.05, 3.63) is 88.3 Å². The van der Waals surface area contributed by atoms with Gasteiger partial charge in [-0.15, -0.1) is 0 Å². The van der Waals surface area contributed by atoms with Gasteiger partial charge in [-0.2, -0.15) is 0 Å². The van der Waals surface area contributed by atoms with Crippen molar-refractivity contribution in [1.82, 2.24) is 14.9 Å². The topological polar surface area (TPSA) is 114 Å². The molecule has 2 N–H and O–H groups in total. The third-order valence-electron chi connectivity index (χ3n) is 7.08. The van der Waals surface area contributed by atoms with Crippen molar-refractivity contribution in [1.29, 1.82) is 0 Å². The number of sulfonamides is 1. The third kappa shape index (κ3) is 5.53. The maximum absolute atomic E-state index is 13.7. The van der Waals surface area contributed by atoms with Gasteiger partial charge >= 0.3 is 5.69 Å². The molecule has 1 saturated carbocycles. The van der Waals surface area contributed by atoms with Crippen LogP contribution in [0.3, 0.4) is 0 Å². The van der Waals surface area contributed by atoms with Gasteiger partial charge in [0.1, 0.15) is 12.3 Å². The summed E-state index contributed by atoms with van der Waals surface area (Å²) in [6.45, 7) is -0.449. The molecule has 0 radical (unpaired) electrons. The van der Waals surface area contributed by atoms with E-state index in [-0.39, 0.29) is 34.1 Å². The van der Waals surface area contributed by atoms with Gasteiger partial charge in [-0.25, -0.2) is 13.2 Å². The number of aromatic nitrogens is 2. The molecule has 0 bridgehead atoms. The minimum atomic E-state index is -4.11. The quantitative estimate of drug-likeness (QED) is 0.325. The van der Waals surface area contributed by atoms with Crippen LogP contribution in [-0.4, -0.2) is 43.6 Å². The molecule has 9 nitrogen and oxygen atoms in total. The Kier molecular flexibility index (Phi) is 7.67. The standard InChI is InChI=1S/C28H29ClN4O5S/c1-38-26-16-11-19(29)17-25(26)32(39(36,37)22-7-3-2-4-8-22)18-27(34)30-20-12-14-21(15-13-20)33-24-10-6-5-9-23(24)31-28(33)35/h2-11,16-17,20-21H,12-15,18H2,1H3,(H,30,34)(H,31,35). The predicted molar refractivity (Wildman–Crippen MR) is 151 cm³/mol. The lowest BCUT2D eigenvalue weighted by atomic mass is 9.91. The number of aromatic amines is 1. The minimum Gasteiger partial charge on any atom is -0.495 e. The smallest absolute Gasteiger partial charge is 0.326 e. The average Bonchev–Trinajstić information content (AvgIpc) is 3.28. The number of H-pyrrole nitrogens is 1. The van der Waals surface area contributed by atoms with Gasteiger partial charge in [0, 0.05) is 17.1 Å². The van der Waals surface area contributed by atoms with E-state index in [0.29, 0.717) is 30.7 Å². The highest BCUT2D eigenvalue weighted by Gasteiger charge is 2.31. The molecule has 5 rings (SSSR count). The molecule has 0 aliphatic heterocycles. The summed E-state index contributed by atoms with van der Waals surface area (Å²) >= 11 is 6.21. The zero-order valence-electron chi connectivity index (χ0n) is 21.3. The number of hydrogen-bond acceptors (Lipinski definition) is 5. The van der Waals surface area contributed by atoms with Gasteiger partial charge in [0.15, 0.2) is 0 Å². The van der Waals surface area contributed by atoms with Crippen LogP contribution in [0.2, 0.25) is 5.02 Å². The van der Waals surface area contributed by atoms with Gasteiger partial charge in [-0.3, -0.25) is 13.7 Å². The van der Waals surface area contributed by atoms with E-state index >= 15 is 0 Å². The summed E-state index contributed by atoms with van der Waals surface area (Å²) in [6.07, 6.45) is 2.74. The highest BCUT2D eigenvalue weighted by Crippen LogP contribution is 2.35. The number of amides is 1. The Balaban J connectivity index is 1.33. The van der Waals surface area contributed by atoms with Gasteiger partial charge in [-0.1, -0.05) is 41.9 Å². The molecule has 4 aromatic rings. The molecular formula is C28H29ClN4O5S. The molecule has 1 fully saturated rings. The largest absolute Gasteiger partial charge is 0.495 e. The number of para-hydroxylation sites is 2. The van der Waals surface area contributed by atoms with E-state index in [4.69, 9.17) is 16.3 Å². The van der Waals surface area contributed by atoms with Crippen LogP contribution in [-0.2, 0) is 14.8 Å². The average molecular weight is 569 g/mol. The van der Waals surface area contributed by atoms with E-state index < -0.39 is 22.5 Å². The third-order valence-corrected chi connectivity index (χ3v) is 9.09. The van der Waals surface area contributed by atoms with Crippen LogP contribution in [0.5, 0.6) is 5.75 Å². The van der Waals surface area contributed by atoms with Crippen LogP contribution >= 0.6 is 11.6 Å². The number of carbonyl (C=O) groups is 1. The maximum Gasteiger partial charge on any atom is 0.326 e. The van der Waals surface area contributed by atoms with Crippen molar-refractivity contribution < 1.29 is 17.9 Å². The lowest BCUT2D eigenvalue weighted by Gasteiger charge is -2.31. The first-order chi connectivity index (χ1) is 18.8. The van der Waals surface area contributed by atoms with Gasteiger partial charge < -0.3 is 15.0 Å². The lowest BCUT2D eigenvalue weighted by molar-refractivity contribution is -0.120. The molecule has 1 aliphatic rings. The number of carbonyl (C=O) groups excluding carboxylic acids is 1. The number of fused-ring (bicyclic) bond motifs is 1.